The van der Waals surface area contributed by atoms with Gasteiger partial charge in [0, 0.05) is 24.1 Å². The third kappa shape index (κ3) is 5.79. The Balaban J connectivity index is 1.41. The maximum absolute atomic E-state index is 13.0. The molecule has 1 fully saturated rings. The summed E-state index contributed by atoms with van der Waals surface area (Å²) in [5, 5.41) is 5.84. The number of ether oxygens (including phenoxy) is 1. The summed E-state index contributed by atoms with van der Waals surface area (Å²) in [5.74, 6) is 0.318. The minimum atomic E-state index is -0.333. The van der Waals surface area contributed by atoms with Gasteiger partial charge in [0.2, 0.25) is 11.8 Å². The van der Waals surface area contributed by atoms with E-state index in [2.05, 4.69) is 10.6 Å². The Bertz CT molecular complexity index is 830. The third-order valence-corrected chi connectivity index (χ3v) is 5.47. The number of para-hydroxylation sites is 1. The highest BCUT2D eigenvalue weighted by Crippen LogP contribution is 2.30. The second kappa shape index (κ2) is 10.0. The van der Waals surface area contributed by atoms with Gasteiger partial charge < -0.3 is 15.4 Å². The fourth-order valence-electron chi connectivity index (χ4n) is 3.77. The van der Waals surface area contributed by atoms with Crippen molar-refractivity contribution >= 4 is 17.5 Å². The first-order valence-corrected chi connectivity index (χ1v) is 10.0. The minimum absolute atomic E-state index is 0.0530. The van der Waals surface area contributed by atoms with E-state index in [1.807, 2.05) is 24.3 Å². The lowest BCUT2D eigenvalue weighted by molar-refractivity contribution is -0.128. The van der Waals surface area contributed by atoms with Crippen molar-refractivity contribution in [2.45, 2.75) is 32.1 Å². The van der Waals surface area contributed by atoms with Crippen molar-refractivity contribution in [2.75, 3.05) is 19.0 Å². The van der Waals surface area contributed by atoms with Gasteiger partial charge in [0.25, 0.3) is 0 Å². The summed E-state index contributed by atoms with van der Waals surface area (Å²) in [6, 6.07) is 13.5. The lowest BCUT2D eigenvalue weighted by Gasteiger charge is -2.27. The van der Waals surface area contributed by atoms with Gasteiger partial charge in [-0.1, -0.05) is 18.2 Å². The molecule has 2 N–H and O–H groups in total. The number of methoxy groups -OCH3 is 1. The zero-order valence-corrected chi connectivity index (χ0v) is 16.6. The molecule has 154 valence electrons. The number of nitrogens with one attached hydrogen (secondary N) is 2. The van der Waals surface area contributed by atoms with Crippen LogP contribution in [-0.2, 0) is 16.0 Å². The molecular weight excluding hydrogens is 371 g/mol. The summed E-state index contributed by atoms with van der Waals surface area (Å²) in [6.07, 6.45) is 3.46. The van der Waals surface area contributed by atoms with Crippen LogP contribution in [0.5, 0.6) is 5.75 Å². The molecule has 0 aliphatic heterocycles. The Hall–Kier alpha value is -2.89. The fourth-order valence-corrected chi connectivity index (χ4v) is 3.77. The average molecular weight is 398 g/mol. The fraction of sp³-hybridized carbons (Fsp3) is 0.391. The Morgan fingerprint density at radius 1 is 0.966 bits per heavy atom. The maximum atomic E-state index is 13.0. The molecule has 0 unspecified atom stereocenters. The molecule has 1 aliphatic carbocycles. The summed E-state index contributed by atoms with van der Waals surface area (Å²) in [4.78, 5) is 24.9. The summed E-state index contributed by atoms with van der Waals surface area (Å²) in [7, 11) is 1.64. The quantitative estimate of drug-likeness (QED) is 0.742. The van der Waals surface area contributed by atoms with E-state index in [1.165, 1.54) is 12.1 Å². The molecule has 3 rings (SSSR count). The van der Waals surface area contributed by atoms with E-state index < -0.39 is 0 Å². The molecule has 2 amide bonds. The number of halogens is 1. The predicted octanol–water partition coefficient (Wildman–Crippen LogP) is 3.94. The van der Waals surface area contributed by atoms with Crippen LogP contribution in [0.15, 0.2) is 48.5 Å². The number of rotatable bonds is 7. The molecule has 0 radical (unpaired) electrons. The van der Waals surface area contributed by atoms with Crippen LogP contribution >= 0.6 is 0 Å². The lowest BCUT2D eigenvalue weighted by atomic mass is 9.81. The van der Waals surface area contributed by atoms with Crippen molar-refractivity contribution in [2.24, 2.45) is 11.8 Å². The van der Waals surface area contributed by atoms with Crippen LogP contribution in [0.1, 0.15) is 31.2 Å². The van der Waals surface area contributed by atoms with Crippen molar-refractivity contribution in [3.8, 4) is 5.75 Å². The van der Waals surface area contributed by atoms with E-state index in [9.17, 15) is 14.0 Å². The topological polar surface area (TPSA) is 67.4 Å². The van der Waals surface area contributed by atoms with E-state index >= 15 is 0 Å². The first-order chi connectivity index (χ1) is 14.1. The average Bonchev–Trinajstić information content (AvgIpc) is 2.75. The summed E-state index contributed by atoms with van der Waals surface area (Å²) >= 11 is 0. The second-order valence-electron chi connectivity index (χ2n) is 7.40. The van der Waals surface area contributed by atoms with Gasteiger partial charge in [-0.2, -0.15) is 0 Å². The first kappa shape index (κ1) is 20.8. The van der Waals surface area contributed by atoms with Crippen molar-refractivity contribution in [3.63, 3.8) is 0 Å². The second-order valence-corrected chi connectivity index (χ2v) is 7.40. The number of hydrogen-bond donors (Lipinski definition) is 2. The van der Waals surface area contributed by atoms with Gasteiger partial charge in [-0.25, -0.2) is 4.39 Å². The van der Waals surface area contributed by atoms with E-state index in [0.29, 0.717) is 44.3 Å². The normalized spacial score (nSPS) is 18.7. The van der Waals surface area contributed by atoms with Crippen molar-refractivity contribution in [3.05, 3.63) is 59.9 Å². The molecule has 5 nitrogen and oxygen atoms in total. The Kier molecular flexibility index (Phi) is 7.22. The van der Waals surface area contributed by atoms with Gasteiger partial charge in [0.1, 0.15) is 11.6 Å². The maximum Gasteiger partial charge on any atom is 0.227 e. The number of carbonyl (C=O) groups excluding carboxylic acids is 2. The van der Waals surface area contributed by atoms with E-state index in [-0.39, 0.29) is 29.5 Å². The molecular formula is C23H27FN2O3. The molecule has 2 aromatic rings. The SMILES string of the molecule is COc1ccccc1CCNC(=O)C1CCC(C(=O)Nc2ccc(F)cc2)CC1. The molecule has 0 bridgehead atoms. The molecule has 29 heavy (non-hydrogen) atoms. The zero-order chi connectivity index (χ0) is 20.6. The van der Waals surface area contributed by atoms with Crippen molar-refractivity contribution in [1.29, 1.82) is 0 Å². The van der Waals surface area contributed by atoms with Crippen molar-refractivity contribution in [1.82, 2.24) is 5.32 Å². The Labute approximate surface area is 170 Å². The van der Waals surface area contributed by atoms with Gasteiger partial charge in [-0.3, -0.25) is 9.59 Å². The van der Waals surface area contributed by atoms with Crippen LogP contribution in [0.4, 0.5) is 10.1 Å². The summed E-state index contributed by atoms with van der Waals surface area (Å²) in [6.45, 7) is 0.560. The van der Waals surface area contributed by atoms with Crippen LogP contribution < -0.4 is 15.4 Å². The van der Waals surface area contributed by atoms with Gasteiger partial charge in [-0.15, -0.1) is 0 Å². The molecule has 0 spiro atoms. The molecule has 1 aliphatic rings. The van der Waals surface area contributed by atoms with Crippen molar-refractivity contribution < 1.29 is 18.7 Å². The van der Waals surface area contributed by atoms with E-state index in [0.717, 1.165) is 11.3 Å². The molecule has 0 heterocycles. The molecule has 0 aromatic heterocycles. The van der Waals surface area contributed by atoms with Gasteiger partial charge >= 0.3 is 0 Å². The van der Waals surface area contributed by atoms with Gasteiger partial charge in [0.15, 0.2) is 0 Å². The van der Waals surface area contributed by atoms with Crippen LogP contribution in [0.25, 0.3) is 0 Å². The van der Waals surface area contributed by atoms with Gasteiger partial charge in [-0.05, 0) is 68.0 Å². The standard InChI is InChI=1S/C23H27FN2O3/c1-29-21-5-3-2-4-16(21)14-15-25-22(27)17-6-8-18(9-7-17)23(28)26-20-12-10-19(24)11-13-20/h2-5,10-13,17-18H,6-9,14-15H2,1H3,(H,25,27)(H,26,28). The minimum Gasteiger partial charge on any atom is -0.496 e. The third-order valence-electron chi connectivity index (χ3n) is 5.47. The smallest absolute Gasteiger partial charge is 0.227 e. The van der Waals surface area contributed by atoms with Gasteiger partial charge in [0.05, 0.1) is 7.11 Å². The molecule has 0 saturated heterocycles. The number of hydrogen-bond acceptors (Lipinski definition) is 3. The monoisotopic (exact) mass is 398 g/mol. The van der Waals surface area contributed by atoms with Crippen LogP contribution in [0.3, 0.4) is 0 Å². The number of carbonyl (C=O) groups is 2. The zero-order valence-electron chi connectivity index (χ0n) is 16.6. The number of anilines is 1. The summed E-state index contributed by atoms with van der Waals surface area (Å²) < 4.78 is 18.3. The highest BCUT2D eigenvalue weighted by molar-refractivity contribution is 5.92. The van der Waals surface area contributed by atoms with Crippen LogP contribution in [-0.4, -0.2) is 25.5 Å². The first-order valence-electron chi connectivity index (χ1n) is 10.0. The van der Waals surface area contributed by atoms with Crippen LogP contribution in [0.2, 0.25) is 0 Å². The highest BCUT2D eigenvalue weighted by atomic mass is 19.1. The Morgan fingerprint density at radius 3 is 2.24 bits per heavy atom. The highest BCUT2D eigenvalue weighted by Gasteiger charge is 2.29. The predicted molar refractivity (Wildman–Crippen MR) is 110 cm³/mol. The molecule has 0 atom stereocenters. The molecule has 2 aromatic carbocycles. The molecule has 1 saturated carbocycles. The summed E-state index contributed by atoms with van der Waals surface area (Å²) in [5.41, 5.74) is 1.66. The molecule has 6 heteroatoms. The Morgan fingerprint density at radius 2 is 1.59 bits per heavy atom. The number of benzene rings is 2. The number of amides is 2. The van der Waals surface area contributed by atoms with E-state index in [1.54, 1.807) is 19.2 Å². The van der Waals surface area contributed by atoms with E-state index in [4.69, 9.17) is 4.74 Å². The largest absolute Gasteiger partial charge is 0.496 e. The lowest BCUT2D eigenvalue weighted by Crippen LogP contribution is -2.36. The van der Waals surface area contributed by atoms with Crippen LogP contribution in [0, 0.1) is 17.7 Å².